The average Bonchev–Trinajstić information content (AvgIpc) is 2.26. The number of hydrogen-bond donors (Lipinski definition) is 2. The first kappa shape index (κ1) is 12.9. The number of hydrogen-bond acceptors (Lipinski definition) is 4. The van der Waals surface area contributed by atoms with E-state index < -0.39 is 23.3 Å². The lowest BCUT2D eigenvalue weighted by Gasteiger charge is -2.04. The molecular weight excluding hydrogens is 252 g/mol. The van der Waals surface area contributed by atoms with Gasteiger partial charge in [0, 0.05) is 12.1 Å². The van der Waals surface area contributed by atoms with Crippen molar-refractivity contribution in [1.29, 1.82) is 0 Å². The van der Waals surface area contributed by atoms with E-state index in [-0.39, 0.29) is 16.3 Å². The number of non-ortho nitro benzene ring substituents is 1. The lowest BCUT2D eigenvalue weighted by molar-refractivity contribution is -0.384. The summed E-state index contributed by atoms with van der Waals surface area (Å²) < 4.78 is 0. The molecule has 0 heterocycles. The molecule has 1 aromatic carbocycles. The Morgan fingerprint density at radius 2 is 2.12 bits per heavy atom. The normalized spacial score (nSPS) is 9.71. The molecule has 0 saturated carbocycles. The van der Waals surface area contributed by atoms with Crippen molar-refractivity contribution in [2.24, 2.45) is 0 Å². The number of rotatable bonds is 4. The van der Waals surface area contributed by atoms with E-state index in [1.54, 1.807) is 0 Å². The van der Waals surface area contributed by atoms with Gasteiger partial charge in [-0.3, -0.25) is 19.7 Å². The predicted molar refractivity (Wildman–Crippen MR) is 58.1 cm³/mol. The van der Waals surface area contributed by atoms with Crippen molar-refractivity contribution in [2.75, 3.05) is 6.54 Å². The maximum Gasteiger partial charge on any atom is 0.322 e. The van der Waals surface area contributed by atoms with Crippen LogP contribution in [0.4, 0.5) is 5.69 Å². The highest BCUT2D eigenvalue weighted by Crippen LogP contribution is 2.21. The molecule has 0 fully saturated rings. The number of aliphatic carboxylic acids is 1. The fourth-order valence-electron chi connectivity index (χ4n) is 1.05. The van der Waals surface area contributed by atoms with Gasteiger partial charge in [-0.15, -0.1) is 0 Å². The van der Waals surface area contributed by atoms with Crippen LogP contribution in [0.3, 0.4) is 0 Å². The molecule has 7 nitrogen and oxygen atoms in total. The van der Waals surface area contributed by atoms with Crippen LogP contribution in [0.1, 0.15) is 10.4 Å². The minimum absolute atomic E-state index is 0.0125. The Morgan fingerprint density at radius 3 is 2.65 bits per heavy atom. The maximum atomic E-state index is 11.5. The molecule has 90 valence electrons. The van der Waals surface area contributed by atoms with Crippen LogP contribution in [0.25, 0.3) is 0 Å². The van der Waals surface area contributed by atoms with Crippen LogP contribution < -0.4 is 5.32 Å². The van der Waals surface area contributed by atoms with E-state index in [0.29, 0.717) is 0 Å². The van der Waals surface area contributed by atoms with E-state index in [9.17, 15) is 19.7 Å². The second-order valence-corrected chi connectivity index (χ2v) is 3.40. The van der Waals surface area contributed by atoms with Crippen molar-refractivity contribution in [3.05, 3.63) is 38.9 Å². The molecule has 0 atom stereocenters. The van der Waals surface area contributed by atoms with Crippen molar-refractivity contribution in [3.63, 3.8) is 0 Å². The van der Waals surface area contributed by atoms with Crippen LogP contribution in [0.15, 0.2) is 18.2 Å². The smallest absolute Gasteiger partial charge is 0.322 e. The van der Waals surface area contributed by atoms with E-state index in [1.807, 2.05) is 0 Å². The Bertz CT molecular complexity index is 488. The Hall–Kier alpha value is -2.15. The van der Waals surface area contributed by atoms with Gasteiger partial charge in [0.25, 0.3) is 11.6 Å². The molecule has 1 aromatic rings. The van der Waals surface area contributed by atoms with Crippen LogP contribution in [0, 0.1) is 10.1 Å². The number of halogens is 1. The zero-order chi connectivity index (χ0) is 13.0. The molecule has 0 saturated heterocycles. The topological polar surface area (TPSA) is 110 Å². The summed E-state index contributed by atoms with van der Waals surface area (Å²) in [4.78, 5) is 31.5. The molecule has 0 radical (unpaired) electrons. The summed E-state index contributed by atoms with van der Waals surface area (Å²) in [5.41, 5.74) is -0.433. The van der Waals surface area contributed by atoms with Crippen LogP contribution in [0.5, 0.6) is 0 Å². The molecule has 1 amide bonds. The third-order valence-electron chi connectivity index (χ3n) is 1.81. The van der Waals surface area contributed by atoms with Crippen LogP contribution in [0.2, 0.25) is 5.02 Å². The van der Waals surface area contributed by atoms with Gasteiger partial charge in [-0.25, -0.2) is 0 Å². The maximum absolute atomic E-state index is 11.5. The molecule has 0 aliphatic heterocycles. The molecule has 0 aromatic heterocycles. The second kappa shape index (κ2) is 5.26. The average molecular weight is 259 g/mol. The molecule has 0 bridgehead atoms. The van der Waals surface area contributed by atoms with Gasteiger partial charge in [0.05, 0.1) is 15.5 Å². The quantitative estimate of drug-likeness (QED) is 0.620. The monoisotopic (exact) mass is 258 g/mol. The zero-order valence-electron chi connectivity index (χ0n) is 8.34. The third-order valence-corrected chi connectivity index (χ3v) is 2.14. The lowest BCUT2D eigenvalue weighted by atomic mass is 10.2. The first-order valence-corrected chi connectivity index (χ1v) is 4.73. The van der Waals surface area contributed by atoms with Gasteiger partial charge >= 0.3 is 5.97 Å². The SMILES string of the molecule is O=C(O)CNC(=O)c1cc([N+](=O)[O-])ccc1Cl. The third kappa shape index (κ3) is 3.42. The summed E-state index contributed by atoms with van der Waals surface area (Å²) in [6.07, 6.45) is 0. The molecule has 0 aliphatic carbocycles. The minimum atomic E-state index is -1.22. The Balaban J connectivity index is 2.95. The van der Waals surface area contributed by atoms with Crippen LogP contribution in [-0.4, -0.2) is 28.5 Å². The lowest BCUT2D eigenvalue weighted by Crippen LogP contribution is -2.29. The highest BCUT2D eigenvalue weighted by Gasteiger charge is 2.16. The van der Waals surface area contributed by atoms with Crippen molar-refractivity contribution in [1.82, 2.24) is 5.32 Å². The van der Waals surface area contributed by atoms with E-state index in [1.165, 1.54) is 6.07 Å². The first-order valence-electron chi connectivity index (χ1n) is 4.35. The van der Waals surface area contributed by atoms with Crippen LogP contribution in [-0.2, 0) is 4.79 Å². The summed E-state index contributed by atoms with van der Waals surface area (Å²) >= 11 is 5.68. The number of carboxylic acid groups (broad SMARTS) is 1. The van der Waals surface area contributed by atoms with Gasteiger partial charge in [-0.05, 0) is 6.07 Å². The predicted octanol–water partition coefficient (Wildman–Crippen LogP) is 1.06. The van der Waals surface area contributed by atoms with Gasteiger partial charge in [-0.1, -0.05) is 11.6 Å². The van der Waals surface area contributed by atoms with E-state index >= 15 is 0 Å². The number of nitro groups is 1. The van der Waals surface area contributed by atoms with Crippen molar-refractivity contribution in [2.45, 2.75) is 0 Å². The van der Waals surface area contributed by atoms with E-state index in [2.05, 4.69) is 5.32 Å². The zero-order valence-corrected chi connectivity index (χ0v) is 9.10. The molecule has 0 aliphatic rings. The number of nitrogens with one attached hydrogen (secondary N) is 1. The number of carbonyl (C=O) groups excluding carboxylic acids is 1. The van der Waals surface area contributed by atoms with Gasteiger partial charge in [0.2, 0.25) is 0 Å². The summed E-state index contributed by atoms with van der Waals surface area (Å²) in [5.74, 6) is -2.00. The van der Waals surface area contributed by atoms with Crippen molar-refractivity contribution >= 4 is 29.2 Å². The fourth-order valence-corrected chi connectivity index (χ4v) is 1.26. The fraction of sp³-hybridized carbons (Fsp3) is 0.111. The van der Waals surface area contributed by atoms with Crippen molar-refractivity contribution < 1.29 is 19.6 Å². The largest absolute Gasteiger partial charge is 0.480 e. The molecule has 0 spiro atoms. The highest BCUT2D eigenvalue weighted by atomic mass is 35.5. The minimum Gasteiger partial charge on any atom is -0.480 e. The first-order chi connectivity index (χ1) is 7.91. The Morgan fingerprint density at radius 1 is 1.47 bits per heavy atom. The molecular formula is C9H7ClN2O5. The van der Waals surface area contributed by atoms with Gasteiger partial charge < -0.3 is 10.4 Å². The van der Waals surface area contributed by atoms with E-state index in [0.717, 1.165) is 12.1 Å². The number of nitro benzene ring substituents is 1. The van der Waals surface area contributed by atoms with Gasteiger partial charge in [0.1, 0.15) is 6.54 Å². The standard InChI is InChI=1S/C9H7ClN2O5/c10-7-2-1-5(12(16)17)3-6(7)9(15)11-4-8(13)14/h1-3H,4H2,(H,11,15)(H,13,14). The molecule has 8 heteroatoms. The summed E-state index contributed by atoms with van der Waals surface area (Å²) in [7, 11) is 0. The molecule has 2 N–H and O–H groups in total. The number of nitrogens with zero attached hydrogens (tertiary/aromatic N) is 1. The number of carbonyl (C=O) groups is 2. The molecule has 1 rings (SSSR count). The summed E-state index contributed by atoms with van der Waals surface area (Å²) in [6.45, 7) is -0.585. The van der Waals surface area contributed by atoms with Gasteiger partial charge in [-0.2, -0.15) is 0 Å². The second-order valence-electron chi connectivity index (χ2n) is 3.00. The Labute approximate surface area is 100 Å². The number of carboxylic acids is 1. The summed E-state index contributed by atoms with van der Waals surface area (Å²) in [5, 5.41) is 20.9. The number of amides is 1. The molecule has 0 unspecified atom stereocenters. The summed E-state index contributed by atoms with van der Waals surface area (Å²) in [6, 6.07) is 3.34. The van der Waals surface area contributed by atoms with Crippen molar-refractivity contribution in [3.8, 4) is 0 Å². The van der Waals surface area contributed by atoms with Crippen LogP contribution >= 0.6 is 11.6 Å². The number of benzene rings is 1. The van der Waals surface area contributed by atoms with E-state index in [4.69, 9.17) is 16.7 Å². The highest BCUT2D eigenvalue weighted by molar-refractivity contribution is 6.34. The molecule has 17 heavy (non-hydrogen) atoms. The Kier molecular flexibility index (Phi) is 4.00. The van der Waals surface area contributed by atoms with Gasteiger partial charge in [0.15, 0.2) is 0 Å².